The summed E-state index contributed by atoms with van der Waals surface area (Å²) in [6, 6.07) is 41.0. The molecule has 4 aromatic carbocycles. The van der Waals surface area contributed by atoms with Gasteiger partial charge in [-0.25, -0.2) is 0 Å². The molecule has 0 saturated carbocycles. The second-order valence-electron chi connectivity index (χ2n) is 7.26. The second-order valence-corrected chi connectivity index (χ2v) is 10.00. The topological polar surface area (TPSA) is 23.6 Å². The van der Waals surface area contributed by atoms with Crippen LogP contribution in [0.3, 0.4) is 0 Å². The van der Waals surface area contributed by atoms with Crippen LogP contribution in [0, 0.1) is 18.8 Å². The van der Waals surface area contributed by atoms with Crippen molar-refractivity contribution in [3.8, 4) is 0 Å². The molecule has 5 heteroatoms. The first-order chi connectivity index (χ1) is 15.7. The van der Waals surface area contributed by atoms with E-state index in [1.807, 2.05) is 145 Å². The SMILES string of the molecule is CN1C=CN(c2[c-]cccc2)[CH-]1.O=P(c1[c-]cccc1)(c1ccccc1)c1ccccc1.[Ir+3]. The van der Waals surface area contributed by atoms with Crippen molar-refractivity contribution in [2.24, 2.45) is 0 Å². The fourth-order valence-electron chi connectivity index (χ4n) is 3.42. The van der Waals surface area contributed by atoms with Gasteiger partial charge in [0, 0.05) is 10.6 Å². The molecule has 0 amide bonds. The molecule has 0 spiro atoms. The number of hydrogen-bond donors (Lipinski definition) is 0. The molecule has 0 bridgehead atoms. The summed E-state index contributed by atoms with van der Waals surface area (Å²) in [6.07, 6.45) is 4.01. The molecule has 33 heavy (non-hydrogen) atoms. The van der Waals surface area contributed by atoms with Gasteiger partial charge in [0.1, 0.15) is 7.14 Å². The Kier molecular flexibility index (Phi) is 8.86. The van der Waals surface area contributed by atoms with Gasteiger partial charge in [-0.15, -0.1) is 5.69 Å². The Morgan fingerprint density at radius 3 is 1.70 bits per heavy atom. The van der Waals surface area contributed by atoms with Crippen LogP contribution in [0.4, 0.5) is 5.69 Å². The summed E-state index contributed by atoms with van der Waals surface area (Å²) in [4.78, 5) is 4.03. The summed E-state index contributed by atoms with van der Waals surface area (Å²) in [7, 11) is -0.833. The van der Waals surface area contributed by atoms with Crippen molar-refractivity contribution in [1.82, 2.24) is 4.90 Å². The van der Waals surface area contributed by atoms with Crippen LogP contribution in [0.2, 0.25) is 0 Å². The molecular formula is C28H24IrN2OP. The average Bonchev–Trinajstić information content (AvgIpc) is 3.32. The van der Waals surface area contributed by atoms with E-state index in [2.05, 4.69) is 12.1 Å². The van der Waals surface area contributed by atoms with Gasteiger partial charge in [0.15, 0.2) is 0 Å². The van der Waals surface area contributed by atoms with E-state index in [9.17, 15) is 4.57 Å². The monoisotopic (exact) mass is 628 g/mol. The predicted molar refractivity (Wildman–Crippen MR) is 134 cm³/mol. The minimum absolute atomic E-state index is 0. The van der Waals surface area contributed by atoms with E-state index in [-0.39, 0.29) is 20.1 Å². The minimum atomic E-state index is -2.83. The Labute approximate surface area is 210 Å². The Bertz CT molecular complexity index is 1080. The Balaban J connectivity index is 0.000000202. The van der Waals surface area contributed by atoms with Crippen LogP contribution >= 0.6 is 7.14 Å². The maximum atomic E-state index is 13.8. The molecule has 1 aliphatic rings. The van der Waals surface area contributed by atoms with Crippen LogP contribution in [0.5, 0.6) is 0 Å². The summed E-state index contributed by atoms with van der Waals surface area (Å²) >= 11 is 0. The average molecular weight is 628 g/mol. The van der Waals surface area contributed by atoms with Crippen molar-refractivity contribution in [2.75, 3.05) is 11.9 Å². The number of nitrogens with zero attached hydrogens (tertiary/aromatic N) is 2. The molecule has 166 valence electrons. The molecule has 0 atom stereocenters. The Morgan fingerprint density at radius 1 is 0.697 bits per heavy atom. The van der Waals surface area contributed by atoms with Gasteiger partial charge in [0.05, 0.1) is 0 Å². The number of para-hydroxylation sites is 1. The number of anilines is 1. The third-order valence-electron chi connectivity index (χ3n) is 5.01. The van der Waals surface area contributed by atoms with Crippen molar-refractivity contribution in [2.45, 2.75) is 0 Å². The first-order valence-electron chi connectivity index (χ1n) is 10.4. The zero-order chi connectivity index (χ0) is 22.2. The first-order valence-corrected chi connectivity index (χ1v) is 12.1. The molecule has 0 radical (unpaired) electrons. The Hall–Kier alpha value is -2.90. The number of rotatable bonds is 4. The van der Waals surface area contributed by atoms with Gasteiger partial charge in [0.2, 0.25) is 0 Å². The van der Waals surface area contributed by atoms with E-state index in [1.54, 1.807) is 0 Å². The molecule has 5 rings (SSSR count). The van der Waals surface area contributed by atoms with Crippen LogP contribution in [0.15, 0.2) is 122 Å². The maximum absolute atomic E-state index is 13.8. The number of hydrogen-bond acceptors (Lipinski definition) is 3. The third-order valence-corrected chi connectivity index (χ3v) is 8.02. The molecule has 0 N–H and O–H groups in total. The zero-order valence-corrected chi connectivity index (χ0v) is 21.5. The van der Waals surface area contributed by atoms with Crippen molar-refractivity contribution in [3.63, 3.8) is 0 Å². The summed E-state index contributed by atoms with van der Waals surface area (Å²) in [6.45, 7) is 2.01. The third kappa shape index (κ3) is 5.92. The first kappa shape index (κ1) is 24.7. The fourth-order valence-corrected chi connectivity index (χ4v) is 6.01. The van der Waals surface area contributed by atoms with Gasteiger partial charge in [-0.3, -0.25) is 0 Å². The van der Waals surface area contributed by atoms with Gasteiger partial charge in [0.25, 0.3) is 0 Å². The predicted octanol–water partition coefficient (Wildman–Crippen LogP) is 4.95. The van der Waals surface area contributed by atoms with Crippen LogP contribution in [-0.4, -0.2) is 11.9 Å². The van der Waals surface area contributed by atoms with E-state index < -0.39 is 7.14 Å². The van der Waals surface area contributed by atoms with Gasteiger partial charge in [-0.2, -0.15) is 67.3 Å². The van der Waals surface area contributed by atoms with E-state index in [4.69, 9.17) is 0 Å². The van der Waals surface area contributed by atoms with Crippen LogP contribution < -0.4 is 20.8 Å². The summed E-state index contributed by atoms with van der Waals surface area (Å²) < 4.78 is 13.8. The summed E-state index contributed by atoms with van der Waals surface area (Å²) in [5, 5.41) is 2.43. The molecule has 1 aliphatic heterocycles. The molecule has 0 unspecified atom stereocenters. The molecule has 0 saturated heterocycles. The zero-order valence-electron chi connectivity index (χ0n) is 18.2. The van der Waals surface area contributed by atoms with E-state index >= 15 is 0 Å². The van der Waals surface area contributed by atoms with Crippen molar-refractivity contribution in [1.29, 1.82) is 0 Å². The van der Waals surface area contributed by atoms with Crippen LogP contribution in [0.25, 0.3) is 0 Å². The van der Waals surface area contributed by atoms with E-state index in [0.717, 1.165) is 21.6 Å². The normalized spacial score (nSPS) is 12.5. The van der Waals surface area contributed by atoms with Gasteiger partial charge < -0.3 is 14.4 Å². The van der Waals surface area contributed by atoms with Crippen LogP contribution in [-0.2, 0) is 24.7 Å². The van der Waals surface area contributed by atoms with Gasteiger partial charge >= 0.3 is 20.1 Å². The molecule has 1 heterocycles. The molecule has 4 aromatic rings. The van der Waals surface area contributed by atoms with Crippen molar-refractivity contribution in [3.05, 3.63) is 140 Å². The van der Waals surface area contributed by atoms with Gasteiger partial charge in [-0.05, 0) is 19.4 Å². The van der Waals surface area contributed by atoms with Crippen molar-refractivity contribution >= 4 is 28.7 Å². The Morgan fingerprint density at radius 2 is 1.24 bits per heavy atom. The van der Waals surface area contributed by atoms with E-state index in [0.29, 0.717) is 0 Å². The molecule has 0 fully saturated rings. The second kappa shape index (κ2) is 11.8. The van der Waals surface area contributed by atoms with Crippen LogP contribution in [0.1, 0.15) is 0 Å². The fraction of sp³-hybridized carbons (Fsp3) is 0.0357. The summed E-state index contributed by atoms with van der Waals surface area (Å²) in [5.74, 6) is 0. The standard InChI is InChI=1S/C18H14OP.C10H10N2.Ir/c19-20(16-10-4-1-5-11-16,17-12-6-2-7-13-17)18-14-8-3-9-15-18;1-11-7-8-12(9-11)10-5-3-2-4-6-10;/h1-14H;2-5,7-9H,1H3;/q-1;-2;+3. The van der Waals surface area contributed by atoms with E-state index in [1.165, 1.54) is 0 Å². The quantitative estimate of drug-likeness (QED) is 0.237. The molecular weight excluding hydrogens is 604 g/mol. The minimum Gasteiger partial charge on any atom is -0.510 e. The van der Waals surface area contributed by atoms with Crippen molar-refractivity contribution < 1.29 is 24.7 Å². The van der Waals surface area contributed by atoms with Gasteiger partial charge in [-0.1, -0.05) is 66.0 Å². The summed E-state index contributed by atoms with van der Waals surface area (Å²) in [5.41, 5.74) is 1.07. The largest absolute Gasteiger partial charge is 3.00 e. The molecule has 0 aliphatic carbocycles. The molecule has 3 nitrogen and oxygen atoms in total. The maximum Gasteiger partial charge on any atom is 3.00 e. The smallest absolute Gasteiger partial charge is 0.510 e. The molecule has 0 aromatic heterocycles. The number of benzene rings is 4.